The highest BCUT2D eigenvalue weighted by Gasteiger charge is 2.11. The lowest BCUT2D eigenvalue weighted by molar-refractivity contribution is 0.0600. The Balaban J connectivity index is 1.99. The van der Waals surface area contributed by atoms with Gasteiger partial charge in [0, 0.05) is 12.4 Å². The average molecular weight is 336 g/mol. The van der Waals surface area contributed by atoms with Crippen LogP contribution in [0.3, 0.4) is 0 Å². The van der Waals surface area contributed by atoms with Gasteiger partial charge in [-0.2, -0.15) is 0 Å². The van der Waals surface area contributed by atoms with Gasteiger partial charge in [0.1, 0.15) is 0 Å². The van der Waals surface area contributed by atoms with Crippen molar-refractivity contribution >= 4 is 5.97 Å². The second kappa shape index (κ2) is 6.81. The van der Waals surface area contributed by atoms with E-state index in [2.05, 4.69) is 13.8 Å². The van der Waals surface area contributed by atoms with E-state index in [-0.39, 0.29) is 5.69 Å². The zero-order valence-corrected chi connectivity index (χ0v) is 14.5. The number of nitrogens with zero attached hydrogens (tertiary/aromatic N) is 2. The average Bonchev–Trinajstić information content (AvgIpc) is 3.02. The minimum atomic E-state index is -0.432. The SMILES string of the molecule is COC(=O)c1cccc(-n2ccn(-c3ccc(C(C)C)cc3)c2=O)c1. The molecule has 0 atom stereocenters. The number of rotatable bonds is 4. The van der Waals surface area contributed by atoms with Gasteiger partial charge in [0.05, 0.1) is 24.0 Å². The largest absolute Gasteiger partial charge is 0.465 e. The van der Waals surface area contributed by atoms with Crippen molar-refractivity contribution in [3.63, 3.8) is 0 Å². The lowest BCUT2D eigenvalue weighted by Gasteiger charge is -2.07. The van der Waals surface area contributed by atoms with Crippen molar-refractivity contribution in [2.75, 3.05) is 7.11 Å². The van der Waals surface area contributed by atoms with Crippen LogP contribution >= 0.6 is 0 Å². The van der Waals surface area contributed by atoms with Crippen molar-refractivity contribution in [2.45, 2.75) is 19.8 Å². The number of aromatic nitrogens is 2. The Kier molecular flexibility index (Phi) is 4.57. The smallest absolute Gasteiger partial charge is 0.337 e. The molecule has 1 aromatic heterocycles. The molecule has 0 saturated heterocycles. The summed E-state index contributed by atoms with van der Waals surface area (Å²) in [4.78, 5) is 24.4. The molecule has 128 valence electrons. The summed E-state index contributed by atoms with van der Waals surface area (Å²) >= 11 is 0. The maximum absolute atomic E-state index is 12.7. The van der Waals surface area contributed by atoms with Crippen molar-refractivity contribution in [3.05, 3.63) is 82.5 Å². The Morgan fingerprint density at radius 3 is 2.20 bits per heavy atom. The molecule has 0 aliphatic rings. The predicted octanol–water partition coefficient (Wildman–Crippen LogP) is 3.54. The van der Waals surface area contributed by atoms with Gasteiger partial charge in [-0.3, -0.25) is 9.13 Å². The van der Waals surface area contributed by atoms with Crippen LogP contribution in [0.25, 0.3) is 11.4 Å². The number of esters is 1. The van der Waals surface area contributed by atoms with E-state index in [0.717, 1.165) is 5.69 Å². The van der Waals surface area contributed by atoms with Crippen LogP contribution in [0.5, 0.6) is 0 Å². The molecule has 5 heteroatoms. The second-order valence-corrected chi connectivity index (χ2v) is 6.11. The van der Waals surface area contributed by atoms with Crippen LogP contribution in [-0.4, -0.2) is 22.2 Å². The van der Waals surface area contributed by atoms with Gasteiger partial charge in [0.25, 0.3) is 0 Å². The second-order valence-electron chi connectivity index (χ2n) is 6.11. The zero-order chi connectivity index (χ0) is 18.0. The molecule has 3 aromatic rings. The Hall–Kier alpha value is -3.08. The molecule has 1 heterocycles. The van der Waals surface area contributed by atoms with E-state index < -0.39 is 5.97 Å². The van der Waals surface area contributed by atoms with E-state index >= 15 is 0 Å². The van der Waals surface area contributed by atoms with Gasteiger partial charge < -0.3 is 4.74 Å². The molecular formula is C20H20N2O3. The van der Waals surface area contributed by atoms with E-state index in [4.69, 9.17) is 4.74 Å². The van der Waals surface area contributed by atoms with Gasteiger partial charge in [-0.05, 0) is 41.8 Å². The molecule has 0 N–H and O–H groups in total. The minimum absolute atomic E-state index is 0.195. The lowest BCUT2D eigenvalue weighted by atomic mass is 10.0. The molecule has 0 bridgehead atoms. The van der Waals surface area contributed by atoms with Gasteiger partial charge >= 0.3 is 11.7 Å². The third kappa shape index (κ3) is 3.26. The lowest BCUT2D eigenvalue weighted by Crippen LogP contribution is -2.21. The van der Waals surface area contributed by atoms with Gasteiger partial charge in [0.2, 0.25) is 0 Å². The van der Waals surface area contributed by atoms with Crippen LogP contribution in [0.15, 0.2) is 65.7 Å². The number of carbonyl (C=O) groups is 1. The Morgan fingerprint density at radius 2 is 1.60 bits per heavy atom. The molecule has 0 spiro atoms. The van der Waals surface area contributed by atoms with Crippen LogP contribution in [0.1, 0.15) is 35.7 Å². The first-order valence-corrected chi connectivity index (χ1v) is 8.10. The quantitative estimate of drug-likeness (QED) is 0.685. The highest BCUT2D eigenvalue weighted by atomic mass is 16.5. The van der Waals surface area contributed by atoms with Crippen LogP contribution < -0.4 is 5.69 Å². The number of benzene rings is 2. The van der Waals surface area contributed by atoms with Gasteiger partial charge in [-0.15, -0.1) is 0 Å². The highest BCUT2D eigenvalue weighted by molar-refractivity contribution is 5.89. The molecule has 0 saturated carbocycles. The van der Waals surface area contributed by atoms with E-state index in [9.17, 15) is 9.59 Å². The maximum atomic E-state index is 12.7. The summed E-state index contributed by atoms with van der Waals surface area (Å²) in [5.41, 5.74) is 2.85. The number of carbonyl (C=O) groups excluding carboxylic acids is 1. The summed E-state index contributed by atoms with van der Waals surface area (Å²) in [6.45, 7) is 4.26. The van der Waals surface area contributed by atoms with Crippen LogP contribution in [0.2, 0.25) is 0 Å². The predicted molar refractivity (Wildman–Crippen MR) is 96.8 cm³/mol. The van der Waals surface area contributed by atoms with Crippen molar-refractivity contribution < 1.29 is 9.53 Å². The summed E-state index contributed by atoms with van der Waals surface area (Å²) in [6, 6.07) is 14.7. The number of hydrogen-bond acceptors (Lipinski definition) is 3. The van der Waals surface area contributed by atoms with Crippen molar-refractivity contribution in [1.29, 1.82) is 0 Å². The van der Waals surface area contributed by atoms with E-state index in [0.29, 0.717) is 17.2 Å². The zero-order valence-electron chi connectivity index (χ0n) is 14.5. The van der Waals surface area contributed by atoms with Gasteiger partial charge in [0.15, 0.2) is 0 Å². The summed E-state index contributed by atoms with van der Waals surface area (Å²) in [5.74, 6) is 0.00929. The topological polar surface area (TPSA) is 53.2 Å². The van der Waals surface area contributed by atoms with E-state index in [1.807, 2.05) is 24.3 Å². The Labute approximate surface area is 146 Å². The summed E-state index contributed by atoms with van der Waals surface area (Å²) < 4.78 is 7.81. The number of imidazole rings is 1. The first kappa shape index (κ1) is 16.8. The van der Waals surface area contributed by atoms with E-state index in [1.54, 1.807) is 41.2 Å². The molecule has 0 radical (unpaired) electrons. The summed E-state index contributed by atoms with van der Waals surface area (Å²) in [5, 5.41) is 0. The standard InChI is InChI=1S/C20H20N2O3/c1-14(2)15-7-9-17(10-8-15)21-11-12-22(20(21)24)18-6-4-5-16(13-18)19(23)25-3/h4-14H,1-3H3. The maximum Gasteiger partial charge on any atom is 0.337 e. The fraction of sp³-hybridized carbons (Fsp3) is 0.200. The molecular weight excluding hydrogens is 316 g/mol. The van der Waals surface area contributed by atoms with Gasteiger partial charge in [-0.1, -0.05) is 32.0 Å². The first-order chi connectivity index (χ1) is 12.0. The molecule has 0 aliphatic carbocycles. The molecule has 0 amide bonds. The summed E-state index contributed by atoms with van der Waals surface area (Å²) in [6.07, 6.45) is 3.41. The van der Waals surface area contributed by atoms with Crippen molar-refractivity contribution in [2.24, 2.45) is 0 Å². The van der Waals surface area contributed by atoms with Crippen LogP contribution in [-0.2, 0) is 4.74 Å². The Morgan fingerprint density at radius 1 is 0.960 bits per heavy atom. The number of hydrogen-bond donors (Lipinski definition) is 0. The highest BCUT2D eigenvalue weighted by Crippen LogP contribution is 2.17. The third-order valence-electron chi connectivity index (χ3n) is 4.16. The van der Waals surface area contributed by atoms with Crippen molar-refractivity contribution in [1.82, 2.24) is 9.13 Å². The fourth-order valence-electron chi connectivity index (χ4n) is 2.69. The van der Waals surface area contributed by atoms with Crippen LogP contribution in [0, 0.1) is 0 Å². The molecule has 3 rings (SSSR count). The Bertz CT molecular complexity index is 950. The van der Waals surface area contributed by atoms with Gasteiger partial charge in [-0.25, -0.2) is 9.59 Å². The normalized spacial score (nSPS) is 10.9. The number of ether oxygens (including phenoxy) is 1. The molecule has 0 aliphatic heterocycles. The molecule has 5 nitrogen and oxygen atoms in total. The monoisotopic (exact) mass is 336 g/mol. The molecule has 0 fully saturated rings. The minimum Gasteiger partial charge on any atom is -0.465 e. The van der Waals surface area contributed by atoms with Crippen LogP contribution in [0.4, 0.5) is 0 Å². The number of methoxy groups -OCH3 is 1. The summed E-state index contributed by atoms with van der Waals surface area (Å²) in [7, 11) is 1.33. The first-order valence-electron chi connectivity index (χ1n) is 8.10. The van der Waals surface area contributed by atoms with E-state index in [1.165, 1.54) is 17.2 Å². The molecule has 2 aromatic carbocycles. The molecule has 25 heavy (non-hydrogen) atoms. The molecule has 0 unspecified atom stereocenters. The third-order valence-corrected chi connectivity index (χ3v) is 4.16. The fourth-order valence-corrected chi connectivity index (χ4v) is 2.69. The van der Waals surface area contributed by atoms with Crippen molar-refractivity contribution in [3.8, 4) is 11.4 Å².